The van der Waals surface area contributed by atoms with Crippen LogP contribution in [0.4, 0.5) is 16.2 Å². The molecule has 7 heteroatoms. The molecule has 0 aliphatic rings. The summed E-state index contributed by atoms with van der Waals surface area (Å²) in [5.41, 5.74) is 5.64. The Labute approximate surface area is 206 Å². The summed E-state index contributed by atoms with van der Waals surface area (Å²) >= 11 is 0. The molecule has 2 N–H and O–H groups in total. The van der Waals surface area contributed by atoms with Crippen molar-refractivity contribution in [3.8, 4) is 0 Å². The molecule has 35 heavy (non-hydrogen) atoms. The van der Waals surface area contributed by atoms with Crippen LogP contribution < -0.4 is 15.8 Å². The molecule has 0 unspecified atom stereocenters. The minimum atomic E-state index is -0.740. The second kappa shape index (κ2) is 11.3. The van der Waals surface area contributed by atoms with Gasteiger partial charge in [0.2, 0.25) is 5.91 Å². The van der Waals surface area contributed by atoms with Crippen molar-refractivity contribution in [2.45, 2.75) is 46.1 Å². The molecular formula is C28H31N3O4. The van der Waals surface area contributed by atoms with Crippen LogP contribution in [0.5, 0.6) is 0 Å². The number of hydrogen-bond acceptors (Lipinski definition) is 4. The van der Waals surface area contributed by atoms with E-state index in [-0.39, 0.29) is 5.91 Å². The Bertz CT molecular complexity index is 1150. The fourth-order valence-corrected chi connectivity index (χ4v) is 3.34. The first-order valence-corrected chi connectivity index (χ1v) is 11.5. The van der Waals surface area contributed by atoms with E-state index in [0.717, 1.165) is 23.4 Å². The van der Waals surface area contributed by atoms with Crippen molar-refractivity contribution in [2.24, 2.45) is 0 Å². The van der Waals surface area contributed by atoms with E-state index < -0.39 is 17.6 Å². The van der Waals surface area contributed by atoms with Crippen LogP contribution in [-0.4, -0.2) is 23.5 Å². The summed E-state index contributed by atoms with van der Waals surface area (Å²) in [5, 5.41) is 3.76. The number of nitrogens with one attached hydrogen (secondary N) is 2. The molecule has 0 bridgehead atoms. The summed E-state index contributed by atoms with van der Waals surface area (Å²) in [5.74, 6) is -0.691. The van der Waals surface area contributed by atoms with Crippen molar-refractivity contribution in [3.63, 3.8) is 0 Å². The van der Waals surface area contributed by atoms with Gasteiger partial charge in [-0.05, 0) is 81.1 Å². The molecule has 3 amide bonds. The molecule has 0 spiro atoms. The molecule has 0 atom stereocenters. The Kier molecular flexibility index (Phi) is 8.25. The highest BCUT2D eigenvalue weighted by atomic mass is 16.6. The lowest BCUT2D eigenvalue weighted by atomic mass is 10.0. The first-order valence-electron chi connectivity index (χ1n) is 11.5. The molecule has 7 nitrogen and oxygen atoms in total. The lowest BCUT2D eigenvalue weighted by Crippen LogP contribution is -2.48. The third-order valence-corrected chi connectivity index (χ3v) is 5.00. The Morgan fingerprint density at radius 2 is 1.37 bits per heavy atom. The van der Waals surface area contributed by atoms with Crippen LogP contribution in [0, 0.1) is 0 Å². The van der Waals surface area contributed by atoms with E-state index in [2.05, 4.69) is 22.9 Å². The zero-order valence-corrected chi connectivity index (χ0v) is 20.5. The van der Waals surface area contributed by atoms with Gasteiger partial charge in [-0.1, -0.05) is 42.5 Å². The predicted octanol–water partition coefficient (Wildman–Crippen LogP) is 5.52. The summed E-state index contributed by atoms with van der Waals surface area (Å²) in [4.78, 5) is 37.1. The van der Waals surface area contributed by atoms with E-state index >= 15 is 0 Å². The molecule has 0 heterocycles. The molecule has 3 aromatic carbocycles. The van der Waals surface area contributed by atoms with Crippen molar-refractivity contribution >= 4 is 29.3 Å². The normalized spacial score (nSPS) is 10.9. The number of hydrazine groups is 1. The first kappa shape index (κ1) is 25.5. The number of carbonyl (C=O) groups is 3. The van der Waals surface area contributed by atoms with E-state index in [0.29, 0.717) is 16.9 Å². The van der Waals surface area contributed by atoms with Crippen LogP contribution in [0.2, 0.25) is 0 Å². The molecule has 0 aliphatic heterocycles. The minimum Gasteiger partial charge on any atom is -0.442 e. The van der Waals surface area contributed by atoms with Crippen LogP contribution in [0.15, 0.2) is 78.9 Å². The third kappa shape index (κ3) is 7.99. The first-order chi connectivity index (χ1) is 16.6. The van der Waals surface area contributed by atoms with Crippen LogP contribution in [0.25, 0.3) is 0 Å². The van der Waals surface area contributed by atoms with E-state index in [1.165, 1.54) is 12.5 Å². The van der Waals surface area contributed by atoms with Crippen molar-refractivity contribution in [1.82, 2.24) is 5.43 Å². The summed E-state index contributed by atoms with van der Waals surface area (Å²) in [6.07, 6.45) is 1.06. The number of rotatable bonds is 6. The summed E-state index contributed by atoms with van der Waals surface area (Å²) < 4.78 is 5.51. The smallest absolute Gasteiger partial charge is 0.434 e. The molecular weight excluding hydrogens is 442 g/mol. The van der Waals surface area contributed by atoms with Gasteiger partial charge in [0, 0.05) is 18.2 Å². The Morgan fingerprint density at radius 1 is 0.800 bits per heavy atom. The second-order valence-corrected chi connectivity index (χ2v) is 9.17. The fourth-order valence-electron chi connectivity index (χ4n) is 3.34. The quantitative estimate of drug-likeness (QED) is 0.462. The highest BCUT2D eigenvalue weighted by Gasteiger charge is 2.25. The zero-order valence-electron chi connectivity index (χ0n) is 20.5. The van der Waals surface area contributed by atoms with Gasteiger partial charge in [-0.25, -0.2) is 4.79 Å². The number of carbonyl (C=O) groups excluding carboxylic acids is 3. The molecule has 3 aromatic rings. The monoisotopic (exact) mass is 473 g/mol. The van der Waals surface area contributed by atoms with Crippen LogP contribution in [0.3, 0.4) is 0 Å². The number of nitrogens with zero attached hydrogens (tertiary/aromatic N) is 1. The predicted molar refractivity (Wildman–Crippen MR) is 137 cm³/mol. The van der Waals surface area contributed by atoms with Crippen LogP contribution in [0.1, 0.15) is 49.2 Å². The van der Waals surface area contributed by atoms with E-state index in [1.54, 1.807) is 57.2 Å². The fraction of sp³-hybridized carbons (Fsp3) is 0.250. The van der Waals surface area contributed by atoms with Crippen molar-refractivity contribution in [2.75, 3.05) is 10.3 Å². The lowest BCUT2D eigenvalue weighted by molar-refractivity contribution is -0.114. The maximum Gasteiger partial charge on any atom is 0.434 e. The van der Waals surface area contributed by atoms with E-state index in [9.17, 15) is 14.4 Å². The Morgan fingerprint density at radius 3 is 1.91 bits per heavy atom. The van der Waals surface area contributed by atoms with Gasteiger partial charge in [0.15, 0.2) is 0 Å². The lowest BCUT2D eigenvalue weighted by Gasteiger charge is -2.27. The maximum absolute atomic E-state index is 12.9. The van der Waals surface area contributed by atoms with Gasteiger partial charge < -0.3 is 10.1 Å². The Hall–Kier alpha value is -4.13. The van der Waals surface area contributed by atoms with Crippen LogP contribution in [-0.2, 0) is 22.4 Å². The van der Waals surface area contributed by atoms with Gasteiger partial charge in [0.1, 0.15) is 5.60 Å². The number of anilines is 2. The summed E-state index contributed by atoms with van der Waals surface area (Å²) in [6, 6.07) is 24.0. The van der Waals surface area contributed by atoms with E-state index in [1.807, 2.05) is 30.3 Å². The average Bonchev–Trinajstić information content (AvgIpc) is 2.81. The largest absolute Gasteiger partial charge is 0.442 e. The summed E-state index contributed by atoms with van der Waals surface area (Å²) in [7, 11) is 0. The van der Waals surface area contributed by atoms with Crippen LogP contribution >= 0.6 is 0 Å². The SMILES string of the molecule is CC(=O)Nc1ccc(C(=O)NN(C(=O)OC(C)(C)C)c2ccc(CCc3ccccc3)cc2)cc1. The zero-order chi connectivity index (χ0) is 25.4. The maximum atomic E-state index is 12.9. The highest BCUT2D eigenvalue weighted by molar-refractivity contribution is 6.00. The molecule has 0 saturated carbocycles. The Balaban J connectivity index is 1.75. The molecule has 182 valence electrons. The van der Waals surface area contributed by atoms with E-state index in [4.69, 9.17) is 4.74 Å². The number of ether oxygens (including phenoxy) is 1. The molecule has 0 aromatic heterocycles. The topological polar surface area (TPSA) is 87.7 Å². The van der Waals surface area contributed by atoms with Gasteiger partial charge in [0.05, 0.1) is 5.69 Å². The third-order valence-electron chi connectivity index (χ3n) is 5.00. The number of amides is 3. The summed E-state index contributed by atoms with van der Waals surface area (Å²) in [6.45, 7) is 6.70. The van der Waals surface area contributed by atoms with Gasteiger partial charge in [0.25, 0.3) is 5.91 Å². The van der Waals surface area contributed by atoms with Gasteiger partial charge >= 0.3 is 6.09 Å². The van der Waals surface area contributed by atoms with Crippen molar-refractivity contribution in [1.29, 1.82) is 0 Å². The number of aryl methyl sites for hydroxylation is 2. The van der Waals surface area contributed by atoms with Crippen molar-refractivity contribution in [3.05, 3.63) is 95.6 Å². The van der Waals surface area contributed by atoms with Gasteiger partial charge in [-0.2, -0.15) is 5.01 Å². The molecule has 0 saturated heterocycles. The molecule has 3 rings (SSSR count). The van der Waals surface area contributed by atoms with Gasteiger partial charge in [-0.3, -0.25) is 15.0 Å². The number of hydrogen-bond donors (Lipinski definition) is 2. The number of benzene rings is 3. The second-order valence-electron chi connectivity index (χ2n) is 9.17. The minimum absolute atomic E-state index is 0.203. The molecule has 0 aliphatic carbocycles. The highest BCUT2D eigenvalue weighted by Crippen LogP contribution is 2.19. The average molecular weight is 474 g/mol. The molecule has 0 radical (unpaired) electrons. The molecule has 0 fully saturated rings. The van der Waals surface area contributed by atoms with Gasteiger partial charge in [-0.15, -0.1) is 0 Å². The van der Waals surface area contributed by atoms with Crippen molar-refractivity contribution < 1.29 is 19.1 Å². The standard InChI is InChI=1S/C28H31N3O4/c1-20(32)29-24-16-14-23(15-17-24)26(33)30-31(27(34)35-28(2,3)4)25-18-12-22(13-19-25)11-10-21-8-6-5-7-9-21/h5-9,12-19H,10-11H2,1-4H3,(H,29,32)(H,30,33).